The smallest absolute Gasteiger partial charge is 0.244 e. The molecule has 0 saturated carbocycles. The van der Waals surface area contributed by atoms with Crippen molar-refractivity contribution in [3.05, 3.63) is 86.9 Å². The maximum atomic E-state index is 12.1. The molecule has 0 atom stereocenters. The van der Waals surface area contributed by atoms with Gasteiger partial charge in [-0.3, -0.25) is 9.48 Å². The second-order valence-electron chi connectivity index (χ2n) is 6.37. The quantitative estimate of drug-likeness (QED) is 0.474. The summed E-state index contributed by atoms with van der Waals surface area (Å²) < 4.78 is 1.90. The molecule has 0 fully saturated rings. The first kappa shape index (κ1) is 20.1. The van der Waals surface area contributed by atoms with Gasteiger partial charge in [0.1, 0.15) is 5.15 Å². The highest BCUT2D eigenvalue weighted by molar-refractivity contribution is 6.31. The van der Waals surface area contributed by atoms with E-state index in [1.165, 1.54) is 6.08 Å². The zero-order valence-corrected chi connectivity index (χ0v) is 17.1. The number of rotatable bonds is 6. The lowest BCUT2D eigenvalue weighted by atomic mass is 10.1. The number of aromatic nitrogens is 3. The van der Waals surface area contributed by atoms with E-state index < -0.39 is 0 Å². The summed E-state index contributed by atoms with van der Waals surface area (Å²) in [5.74, 6) is -0.187. The Morgan fingerprint density at radius 2 is 1.96 bits per heavy atom. The first-order valence-electron chi connectivity index (χ1n) is 8.78. The van der Waals surface area contributed by atoms with Crippen LogP contribution in [0.1, 0.15) is 28.1 Å². The van der Waals surface area contributed by atoms with Crippen molar-refractivity contribution < 1.29 is 4.79 Å². The van der Waals surface area contributed by atoms with Crippen LogP contribution in [0.25, 0.3) is 6.08 Å². The first-order chi connectivity index (χ1) is 13.4. The largest absolute Gasteiger partial charge is 0.348 e. The minimum Gasteiger partial charge on any atom is -0.348 e. The number of carbonyl (C=O) groups excluding carboxylic acids is 1. The third kappa shape index (κ3) is 5.00. The number of hydrogen-bond donors (Lipinski definition) is 1. The van der Waals surface area contributed by atoms with Crippen molar-refractivity contribution >= 4 is 35.2 Å². The molecule has 3 aromatic rings. The van der Waals surface area contributed by atoms with Crippen LogP contribution in [0.5, 0.6) is 0 Å². The monoisotopic (exact) mass is 414 g/mol. The molecule has 144 valence electrons. The van der Waals surface area contributed by atoms with Crippen molar-refractivity contribution in [3.63, 3.8) is 0 Å². The van der Waals surface area contributed by atoms with E-state index in [4.69, 9.17) is 23.2 Å². The van der Waals surface area contributed by atoms with Crippen LogP contribution in [0.4, 0.5) is 0 Å². The number of hydrogen-bond acceptors (Lipinski definition) is 3. The SMILES string of the molecule is Cc1nn(Cc2ccccc2Cl)c(C)c1C=CC(=O)NCc1ccc(Cl)nc1. The van der Waals surface area contributed by atoms with E-state index in [-0.39, 0.29) is 5.91 Å². The predicted octanol–water partition coefficient (Wildman–Crippen LogP) is 4.58. The highest BCUT2D eigenvalue weighted by Crippen LogP contribution is 2.20. The molecular formula is C21H20Cl2N4O. The molecule has 0 aliphatic rings. The summed E-state index contributed by atoms with van der Waals surface area (Å²) >= 11 is 12.0. The van der Waals surface area contributed by atoms with Crippen molar-refractivity contribution in [2.75, 3.05) is 0 Å². The maximum Gasteiger partial charge on any atom is 0.244 e. The molecule has 0 aliphatic carbocycles. The van der Waals surface area contributed by atoms with Crippen LogP contribution in [-0.4, -0.2) is 20.7 Å². The topological polar surface area (TPSA) is 59.8 Å². The normalized spacial score (nSPS) is 11.1. The van der Waals surface area contributed by atoms with Crippen molar-refractivity contribution in [1.82, 2.24) is 20.1 Å². The van der Waals surface area contributed by atoms with Gasteiger partial charge in [-0.25, -0.2) is 4.98 Å². The van der Waals surface area contributed by atoms with Crippen LogP contribution < -0.4 is 5.32 Å². The lowest BCUT2D eigenvalue weighted by Crippen LogP contribution is -2.20. The summed E-state index contributed by atoms with van der Waals surface area (Å²) in [6, 6.07) is 11.2. The fourth-order valence-electron chi connectivity index (χ4n) is 2.81. The standard InChI is InChI=1S/C21H20Cl2N4O/c1-14-18(8-10-21(28)25-12-16-7-9-20(23)24-11-16)15(2)27(26-14)13-17-5-3-4-6-19(17)22/h3-11H,12-13H2,1-2H3,(H,25,28). The average Bonchev–Trinajstić information content (AvgIpc) is 2.94. The zero-order valence-electron chi connectivity index (χ0n) is 15.6. The molecular weight excluding hydrogens is 395 g/mol. The van der Waals surface area contributed by atoms with Crippen LogP contribution >= 0.6 is 23.2 Å². The van der Waals surface area contributed by atoms with Gasteiger partial charge >= 0.3 is 0 Å². The molecule has 1 amide bonds. The van der Waals surface area contributed by atoms with E-state index >= 15 is 0 Å². The Morgan fingerprint density at radius 1 is 1.18 bits per heavy atom. The fraction of sp³-hybridized carbons (Fsp3) is 0.190. The van der Waals surface area contributed by atoms with E-state index in [0.29, 0.717) is 23.3 Å². The van der Waals surface area contributed by atoms with E-state index in [1.54, 1.807) is 18.3 Å². The molecule has 1 aromatic carbocycles. The van der Waals surface area contributed by atoms with Crippen LogP contribution in [0, 0.1) is 13.8 Å². The van der Waals surface area contributed by atoms with Crippen LogP contribution in [0.2, 0.25) is 10.2 Å². The molecule has 0 unspecified atom stereocenters. The predicted molar refractivity (Wildman–Crippen MR) is 112 cm³/mol. The Bertz CT molecular complexity index is 1010. The minimum atomic E-state index is -0.187. The van der Waals surface area contributed by atoms with Gasteiger partial charge in [-0.05, 0) is 43.2 Å². The average molecular weight is 415 g/mol. The van der Waals surface area contributed by atoms with Crippen LogP contribution in [-0.2, 0) is 17.9 Å². The third-order valence-corrected chi connectivity index (χ3v) is 4.96. The molecule has 0 bridgehead atoms. The van der Waals surface area contributed by atoms with Gasteiger partial charge in [-0.2, -0.15) is 5.10 Å². The molecule has 0 saturated heterocycles. The molecule has 2 heterocycles. The molecule has 3 rings (SSSR count). The van der Waals surface area contributed by atoms with Gasteiger partial charge < -0.3 is 5.32 Å². The molecule has 2 aromatic heterocycles. The maximum absolute atomic E-state index is 12.1. The summed E-state index contributed by atoms with van der Waals surface area (Å²) in [6.07, 6.45) is 4.94. The zero-order chi connectivity index (χ0) is 20.1. The van der Waals surface area contributed by atoms with Gasteiger partial charge in [0.05, 0.1) is 12.2 Å². The van der Waals surface area contributed by atoms with Crippen LogP contribution in [0.3, 0.4) is 0 Å². The molecule has 0 radical (unpaired) electrons. The number of aryl methyl sites for hydroxylation is 1. The van der Waals surface area contributed by atoms with Gasteiger partial charge in [0, 0.05) is 35.1 Å². The second-order valence-corrected chi connectivity index (χ2v) is 7.17. The molecule has 7 heteroatoms. The molecule has 0 aliphatic heterocycles. The minimum absolute atomic E-state index is 0.187. The Balaban J connectivity index is 1.66. The van der Waals surface area contributed by atoms with E-state index in [2.05, 4.69) is 15.4 Å². The van der Waals surface area contributed by atoms with Gasteiger partial charge in [-0.1, -0.05) is 47.5 Å². The van der Waals surface area contributed by atoms with E-state index in [0.717, 1.165) is 28.1 Å². The molecule has 28 heavy (non-hydrogen) atoms. The van der Waals surface area contributed by atoms with Crippen molar-refractivity contribution in [3.8, 4) is 0 Å². The third-order valence-electron chi connectivity index (χ3n) is 4.37. The van der Waals surface area contributed by atoms with Crippen molar-refractivity contribution in [1.29, 1.82) is 0 Å². The number of carbonyl (C=O) groups is 1. The molecule has 0 spiro atoms. The van der Waals surface area contributed by atoms with Gasteiger partial charge in [-0.15, -0.1) is 0 Å². The molecule has 1 N–H and O–H groups in total. The Hall–Kier alpha value is -2.63. The second kappa shape index (κ2) is 9.04. The number of amides is 1. The number of nitrogens with zero attached hydrogens (tertiary/aromatic N) is 3. The first-order valence-corrected chi connectivity index (χ1v) is 9.53. The van der Waals surface area contributed by atoms with Crippen LogP contribution in [0.15, 0.2) is 48.7 Å². The summed E-state index contributed by atoms with van der Waals surface area (Å²) in [5.41, 5.74) is 4.64. The van der Waals surface area contributed by atoms with Crippen molar-refractivity contribution in [2.45, 2.75) is 26.9 Å². The number of pyridine rings is 1. The summed E-state index contributed by atoms with van der Waals surface area (Å²) in [6.45, 7) is 4.87. The Morgan fingerprint density at radius 3 is 2.68 bits per heavy atom. The highest BCUT2D eigenvalue weighted by Gasteiger charge is 2.11. The lowest BCUT2D eigenvalue weighted by molar-refractivity contribution is -0.116. The van der Waals surface area contributed by atoms with E-state index in [9.17, 15) is 4.79 Å². The van der Waals surface area contributed by atoms with Crippen molar-refractivity contribution in [2.24, 2.45) is 0 Å². The Labute approximate surface area is 174 Å². The lowest BCUT2D eigenvalue weighted by Gasteiger charge is -2.06. The molecule has 5 nitrogen and oxygen atoms in total. The van der Waals surface area contributed by atoms with Gasteiger partial charge in [0.2, 0.25) is 5.91 Å². The Kier molecular flexibility index (Phi) is 6.49. The summed E-state index contributed by atoms with van der Waals surface area (Å²) in [7, 11) is 0. The van der Waals surface area contributed by atoms with Gasteiger partial charge in [0.15, 0.2) is 0 Å². The van der Waals surface area contributed by atoms with E-state index in [1.807, 2.05) is 48.9 Å². The fourth-order valence-corrected chi connectivity index (χ4v) is 3.12. The summed E-state index contributed by atoms with van der Waals surface area (Å²) in [5, 5.41) is 8.55. The number of halogens is 2. The number of nitrogens with one attached hydrogen (secondary N) is 1. The number of benzene rings is 1. The highest BCUT2D eigenvalue weighted by atomic mass is 35.5. The van der Waals surface area contributed by atoms with Gasteiger partial charge in [0.25, 0.3) is 0 Å². The summed E-state index contributed by atoms with van der Waals surface area (Å²) in [4.78, 5) is 16.1.